The third-order valence-corrected chi connectivity index (χ3v) is 2.81. The molecule has 0 aromatic heterocycles. The van der Waals surface area contributed by atoms with Crippen LogP contribution < -0.4 is 4.72 Å². The molecule has 0 aromatic rings. The molecule has 1 rings (SSSR count). The summed E-state index contributed by atoms with van der Waals surface area (Å²) < 4.78 is 24.5. The van der Waals surface area contributed by atoms with Gasteiger partial charge in [-0.15, -0.1) is 0 Å². The van der Waals surface area contributed by atoms with Crippen LogP contribution in [0.3, 0.4) is 0 Å². The van der Waals surface area contributed by atoms with E-state index in [1.165, 1.54) is 0 Å². The van der Waals surface area contributed by atoms with Crippen LogP contribution in [0.4, 0.5) is 0 Å². The first-order valence-electron chi connectivity index (χ1n) is 3.66. The van der Waals surface area contributed by atoms with Crippen molar-refractivity contribution in [2.45, 2.75) is 18.9 Å². The number of sulfonamides is 1. The highest BCUT2D eigenvalue weighted by molar-refractivity contribution is 7.89. The average molecular weight is 186 g/mol. The summed E-state index contributed by atoms with van der Waals surface area (Å²) in [4.78, 5) is 0. The van der Waals surface area contributed by atoms with Crippen LogP contribution in [0, 0.1) is 11.3 Å². The van der Waals surface area contributed by atoms with E-state index in [0.717, 1.165) is 12.8 Å². The minimum Gasteiger partial charge on any atom is -0.211 e. The Morgan fingerprint density at radius 1 is 1.50 bits per heavy atom. The van der Waals surface area contributed by atoms with Gasteiger partial charge in [0.1, 0.15) is 0 Å². The van der Waals surface area contributed by atoms with Crippen LogP contribution in [0.5, 0.6) is 0 Å². The van der Waals surface area contributed by atoms with Crippen molar-refractivity contribution < 1.29 is 8.42 Å². The van der Waals surface area contributed by atoms with Crippen LogP contribution >= 0.6 is 0 Å². The lowest BCUT2D eigenvalue weighted by Crippen LogP contribution is -2.34. The van der Waals surface area contributed by atoms with E-state index in [0.29, 0.717) is 0 Å². The fourth-order valence-electron chi connectivity index (χ4n) is 1.09. The van der Waals surface area contributed by atoms with E-state index in [1.807, 2.05) is 12.2 Å². The van der Waals surface area contributed by atoms with Crippen molar-refractivity contribution in [2.75, 3.05) is 5.75 Å². The molecule has 1 N–H and O–H groups in total. The van der Waals surface area contributed by atoms with Gasteiger partial charge in [-0.3, -0.25) is 0 Å². The monoisotopic (exact) mass is 186 g/mol. The molecule has 0 heterocycles. The zero-order valence-corrected chi connectivity index (χ0v) is 7.34. The lowest BCUT2D eigenvalue weighted by Gasteiger charge is -2.09. The molecule has 0 fully saturated rings. The summed E-state index contributed by atoms with van der Waals surface area (Å²) >= 11 is 0. The first kappa shape index (κ1) is 9.23. The standard InChI is InChI=1S/C7H10N2O2S/c8-5-6-12(10,11)9-7-3-1-2-4-7/h1-2,7,9H,3-4,6H2. The molecule has 1 aliphatic carbocycles. The van der Waals surface area contributed by atoms with Gasteiger partial charge in [0.15, 0.2) is 5.75 Å². The third kappa shape index (κ3) is 2.64. The van der Waals surface area contributed by atoms with E-state index in [-0.39, 0.29) is 6.04 Å². The maximum Gasteiger partial charge on any atom is 0.225 e. The average Bonchev–Trinajstić information content (AvgIpc) is 2.38. The van der Waals surface area contributed by atoms with Gasteiger partial charge in [-0.2, -0.15) is 5.26 Å². The summed E-state index contributed by atoms with van der Waals surface area (Å²) in [5.41, 5.74) is 0. The molecule has 0 atom stereocenters. The van der Waals surface area contributed by atoms with Crippen LogP contribution in [0.25, 0.3) is 0 Å². The van der Waals surface area contributed by atoms with Crippen molar-refractivity contribution in [1.82, 2.24) is 4.72 Å². The normalized spacial score (nSPS) is 17.9. The van der Waals surface area contributed by atoms with Crippen molar-refractivity contribution in [3.63, 3.8) is 0 Å². The van der Waals surface area contributed by atoms with Crippen LogP contribution in [-0.2, 0) is 10.0 Å². The molecule has 0 bridgehead atoms. The Morgan fingerprint density at radius 2 is 2.08 bits per heavy atom. The molecule has 66 valence electrons. The second-order valence-electron chi connectivity index (χ2n) is 2.67. The second-order valence-corrected chi connectivity index (χ2v) is 4.43. The molecule has 12 heavy (non-hydrogen) atoms. The predicted molar refractivity (Wildman–Crippen MR) is 44.7 cm³/mol. The van der Waals surface area contributed by atoms with Crippen LogP contribution in [0.1, 0.15) is 12.8 Å². The maximum atomic E-state index is 11.0. The highest BCUT2D eigenvalue weighted by Gasteiger charge is 2.17. The molecular formula is C7H10N2O2S. The molecular weight excluding hydrogens is 176 g/mol. The summed E-state index contributed by atoms with van der Waals surface area (Å²) in [6.07, 6.45) is 5.31. The van der Waals surface area contributed by atoms with Crippen LogP contribution in [-0.4, -0.2) is 20.2 Å². The number of hydrogen-bond acceptors (Lipinski definition) is 3. The van der Waals surface area contributed by atoms with Crippen LogP contribution in [0.15, 0.2) is 12.2 Å². The van der Waals surface area contributed by atoms with E-state index in [4.69, 9.17) is 5.26 Å². The number of nitrogens with zero attached hydrogens (tertiary/aromatic N) is 1. The summed E-state index contributed by atoms with van der Waals surface area (Å²) in [5.74, 6) is -0.455. The van der Waals surface area contributed by atoms with Gasteiger partial charge in [-0.25, -0.2) is 13.1 Å². The number of rotatable bonds is 3. The Labute approximate surface area is 71.9 Å². The highest BCUT2D eigenvalue weighted by atomic mass is 32.2. The molecule has 0 radical (unpaired) electrons. The minimum atomic E-state index is -3.37. The molecule has 0 saturated carbocycles. The topological polar surface area (TPSA) is 70.0 Å². The van der Waals surface area contributed by atoms with Gasteiger partial charge in [-0.1, -0.05) is 12.2 Å². The Morgan fingerprint density at radius 3 is 2.58 bits per heavy atom. The maximum absolute atomic E-state index is 11.0. The van der Waals surface area contributed by atoms with E-state index in [2.05, 4.69) is 4.72 Å². The molecule has 0 saturated heterocycles. The number of nitrogens with one attached hydrogen (secondary N) is 1. The minimum absolute atomic E-state index is 0.0386. The zero-order valence-electron chi connectivity index (χ0n) is 6.53. The first-order valence-corrected chi connectivity index (χ1v) is 5.31. The van der Waals surface area contributed by atoms with E-state index >= 15 is 0 Å². The molecule has 0 spiro atoms. The quantitative estimate of drug-likeness (QED) is 0.638. The van der Waals surface area contributed by atoms with Crippen molar-refractivity contribution in [3.05, 3.63) is 12.2 Å². The van der Waals surface area contributed by atoms with Gasteiger partial charge < -0.3 is 0 Å². The van der Waals surface area contributed by atoms with Gasteiger partial charge >= 0.3 is 0 Å². The lowest BCUT2D eigenvalue weighted by atomic mass is 10.3. The third-order valence-electron chi connectivity index (χ3n) is 1.61. The largest absolute Gasteiger partial charge is 0.225 e. The van der Waals surface area contributed by atoms with Gasteiger partial charge in [0, 0.05) is 6.04 Å². The van der Waals surface area contributed by atoms with Crippen molar-refractivity contribution in [1.29, 1.82) is 5.26 Å². The summed E-state index contributed by atoms with van der Waals surface area (Å²) in [6, 6.07) is 1.57. The fraction of sp³-hybridized carbons (Fsp3) is 0.571. The Balaban J connectivity index is 2.46. The van der Waals surface area contributed by atoms with Gasteiger partial charge in [0.05, 0.1) is 6.07 Å². The summed E-state index contributed by atoms with van der Waals surface area (Å²) in [7, 11) is -3.37. The molecule has 5 heteroatoms. The molecule has 0 unspecified atom stereocenters. The molecule has 1 aliphatic rings. The zero-order chi connectivity index (χ0) is 9.03. The number of hydrogen-bond donors (Lipinski definition) is 1. The molecule has 0 aromatic carbocycles. The Hall–Kier alpha value is -0.860. The van der Waals surface area contributed by atoms with Crippen molar-refractivity contribution >= 4 is 10.0 Å². The van der Waals surface area contributed by atoms with Crippen LogP contribution in [0.2, 0.25) is 0 Å². The number of nitriles is 1. The van der Waals surface area contributed by atoms with Crippen molar-refractivity contribution in [3.8, 4) is 6.07 Å². The smallest absolute Gasteiger partial charge is 0.211 e. The van der Waals surface area contributed by atoms with Gasteiger partial charge in [0.25, 0.3) is 0 Å². The predicted octanol–water partition coefficient (Wildman–Crippen LogP) is 0.148. The molecule has 4 nitrogen and oxygen atoms in total. The first-order chi connectivity index (χ1) is 5.64. The second kappa shape index (κ2) is 3.70. The van der Waals surface area contributed by atoms with E-state index in [9.17, 15) is 8.42 Å². The van der Waals surface area contributed by atoms with Crippen molar-refractivity contribution in [2.24, 2.45) is 0 Å². The summed E-state index contributed by atoms with van der Waals surface area (Å²) in [5, 5.41) is 8.19. The Bertz CT molecular complexity index is 305. The molecule has 0 amide bonds. The molecule has 0 aliphatic heterocycles. The Kier molecular flexibility index (Phi) is 2.84. The van der Waals surface area contributed by atoms with E-state index in [1.54, 1.807) is 6.07 Å². The van der Waals surface area contributed by atoms with Gasteiger partial charge in [0.2, 0.25) is 10.0 Å². The lowest BCUT2D eigenvalue weighted by molar-refractivity contribution is 0.561. The summed E-state index contributed by atoms with van der Waals surface area (Å²) in [6.45, 7) is 0. The van der Waals surface area contributed by atoms with E-state index < -0.39 is 15.8 Å². The highest BCUT2D eigenvalue weighted by Crippen LogP contribution is 2.09. The van der Waals surface area contributed by atoms with Gasteiger partial charge in [-0.05, 0) is 12.8 Å². The SMILES string of the molecule is N#CCS(=O)(=O)NC1CC=CC1. The fourth-order valence-corrected chi connectivity index (χ4v) is 2.05.